The van der Waals surface area contributed by atoms with Crippen LogP contribution in [0.15, 0.2) is 78.9 Å². The lowest BCUT2D eigenvalue weighted by Gasteiger charge is -2.02. The Morgan fingerprint density at radius 1 is 0.640 bits per heavy atom. The predicted molar refractivity (Wildman–Crippen MR) is 120 cm³/mol. The number of aromatic amines is 1. The molecule has 0 saturated carbocycles. The Labute approximate surface area is 174 Å². The standard InChI is InChI=1S/C21H14I2N2/c22-17-12-11-16(13-18(17)23)21-24-19(14-7-3-1-4-8-14)20(25-21)15-9-5-2-6-10-15/h1-13H,(H,24,25). The lowest BCUT2D eigenvalue weighted by Crippen LogP contribution is -1.85. The van der Waals surface area contributed by atoms with Crippen LogP contribution in [0, 0.1) is 7.14 Å². The minimum atomic E-state index is 0.895. The molecule has 1 aromatic heterocycles. The van der Waals surface area contributed by atoms with E-state index in [2.05, 4.69) is 105 Å². The van der Waals surface area contributed by atoms with E-state index in [9.17, 15) is 0 Å². The van der Waals surface area contributed by atoms with E-state index in [4.69, 9.17) is 4.98 Å². The van der Waals surface area contributed by atoms with Gasteiger partial charge in [0.15, 0.2) is 0 Å². The van der Waals surface area contributed by atoms with Gasteiger partial charge < -0.3 is 4.98 Å². The highest BCUT2D eigenvalue weighted by Gasteiger charge is 2.15. The van der Waals surface area contributed by atoms with E-state index in [0.717, 1.165) is 33.9 Å². The van der Waals surface area contributed by atoms with Crippen LogP contribution in [0.2, 0.25) is 0 Å². The van der Waals surface area contributed by atoms with Crippen molar-refractivity contribution in [3.8, 4) is 33.9 Å². The average Bonchev–Trinajstić information content (AvgIpc) is 3.11. The number of rotatable bonds is 3. The number of H-pyrrole nitrogens is 1. The predicted octanol–water partition coefficient (Wildman–Crippen LogP) is 6.62. The van der Waals surface area contributed by atoms with Gasteiger partial charge in [-0.3, -0.25) is 0 Å². The molecule has 0 bridgehead atoms. The third-order valence-corrected chi connectivity index (χ3v) is 6.87. The summed E-state index contributed by atoms with van der Waals surface area (Å²) in [5, 5.41) is 0. The zero-order chi connectivity index (χ0) is 17.2. The second kappa shape index (κ2) is 7.29. The van der Waals surface area contributed by atoms with Gasteiger partial charge in [-0.25, -0.2) is 4.98 Å². The molecule has 4 aromatic rings. The molecule has 0 aliphatic rings. The number of hydrogen-bond donors (Lipinski definition) is 1. The second-order valence-corrected chi connectivity index (χ2v) is 7.99. The van der Waals surface area contributed by atoms with Gasteiger partial charge >= 0.3 is 0 Å². The summed E-state index contributed by atoms with van der Waals surface area (Å²) in [7, 11) is 0. The molecule has 0 atom stereocenters. The van der Waals surface area contributed by atoms with Gasteiger partial charge in [0.25, 0.3) is 0 Å². The maximum Gasteiger partial charge on any atom is 0.138 e. The zero-order valence-electron chi connectivity index (χ0n) is 13.2. The maximum absolute atomic E-state index is 4.94. The molecule has 0 saturated heterocycles. The van der Waals surface area contributed by atoms with Crippen molar-refractivity contribution in [2.45, 2.75) is 0 Å². The van der Waals surface area contributed by atoms with E-state index in [0.29, 0.717) is 0 Å². The largest absolute Gasteiger partial charge is 0.337 e. The zero-order valence-corrected chi connectivity index (χ0v) is 17.5. The Kier molecular flexibility index (Phi) is 4.89. The van der Waals surface area contributed by atoms with Gasteiger partial charge in [0, 0.05) is 23.8 Å². The highest BCUT2D eigenvalue weighted by molar-refractivity contribution is 14.1. The van der Waals surface area contributed by atoms with Crippen LogP contribution in [0.25, 0.3) is 33.9 Å². The van der Waals surface area contributed by atoms with Crippen LogP contribution in [-0.2, 0) is 0 Å². The molecular formula is C21H14I2N2. The minimum Gasteiger partial charge on any atom is -0.337 e. The molecule has 0 fully saturated rings. The summed E-state index contributed by atoms with van der Waals surface area (Å²) < 4.78 is 2.48. The van der Waals surface area contributed by atoms with Crippen LogP contribution in [0.5, 0.6) is 0 Å². The summed E-state index contributed by atoms with van der Waals surface area (Å²) in [5.41, 5.74) is 5.39. The van der Waals surface area contributed by atoms with Gasteiger partial charge in [0.05, 0.1) is 11.4 Å². The number of nitrogens with zero attached hydrogens (tertiary/aromatic N) is 1. The third kappa shape index (κ3) is 3.50. The Morgan fingerprint density at radius 2 is 1.28 bits per heavy atom. The maximum atomic E-state index is 4.94. The van der Waals surface area contributed by atoms with E-state index >= 15 is 0 Å². The van der Waals surface area contributed by atoms with E-state index < -0.39 is 0 Å². The van der Waals surface area contributed by atoms with E-state index in [1.807, 2.05) is 24.3 Å². The Balaban J connectivity index is 1.90. The molecule has 2 nitrogen and oxygen atoms in total. The average molecular weight is 548 g/mol. The van der Waals surface area contributed by atoms with Crippen molar-refractivity contribution in [2.24, 2.45) is 0 Å². The van der Waals surface area contributed by atoms with E-state index in [-0.39, 0.29) is 0 Å². The fourth-order valence-electron chi connectivity index (χ4n) is 2.77. The van der Waals surface area contributed by atoms with Crippen molar-refractivity contribution in [3.05, 3.63) is 86.0 Å². The van der Waals surface area contributed by atoms with E-state index in [1.54, 1.807) is 0 Å². The molecule has 0 aliphatic heterocycles. The molecular weight excluding hydrogens is 534 g/mol. The Morgan fingerprint density at radius 3 is 1.92 bits per heavy atom. The van der Waals surface area contributed by atoms with Crippen LogP contribution in [0.1, 0.15) is 0 Å². The smallest absolute Gasteiger partial charge is 0.138 e. The summed E-state index contributed by atoms with van der Waals surface area (Å²) in [6.07, 6.45) is 0. The molecule has 0 aliphatic carbocycles. The van der Waals surface area contributed by atoms with Crippen LogP contribution in [-0.4, -0.2) is 9.97 Å². The van der Waals surface area contributed by atoms with Crippen molar-refractivity contribution < 1.29 is 0 Å². The first-order chi connectivity index (χ1) is 12.2. The second-order valence-electron chi connectivity index (χ2n) is 5.67. The molecule has 25 heavy (non-hydrogen) atoms. The lowest BCUT2D eigenvalue weighted by molar-refractivity contribution is 1.30. The van der Waals surface area contributed by atoms with Gasteiger partial charge in [-0.05, 0) is 57.3 Å². The van der Waals surface area contributed by atoms with Gasteiger partial charge in [-0.2, -0.15) is 0 Å². The summed E-state index contributed by atoms with van der Waals surface area (Å²) >= 11 is 4.72. The molecule has 0 radical (unpaired) electrons. The van der Waals surface area contributed by atoms with Gasteiger partial charge in [0.2, 0.25) is 0 Å². The number of imidazole rings is 1. The summed E-state index contributed by atoms with van der Waals surface area (Å²) in [6, 6.07) is 27.1. The van der Waals surface area contributed by atoms with Crippen molar-refractivity contribution in [2.75, 3.05) is 0 Å². The van der Waals surface area contributed by atoms with Crippen LogP contribution in [0.3, 0.4) is 0 Å². The Bertz CT molecular complexity index is 952. The Hall–Kier alpha value is -1.67. The van der Waals surface area contributed by atoms with Crippen molar-refractivity contribution >= 4 is 45.2 Å². The van der Waals surface area contributed by atoms with Gasteiger partial charge in [-0.1, -0.05) is 66.7 Å². The quantitative estimate of drug-likeness (QED) is 0.287. The van der Waals surface area contributed by atoms with Crippen LogP contribution in [0.4, 0.5) is 0 Å². The molecule has 122 valence electrons. The topological polar surface area (TPSA) is 28.7 Å². The lowest BCUT2D eigenvalue weighted by atomic mass is 10.1. The fourth-order valence-corrected chi connectivity index (χ4v) is 3.62. The highest BCUT2D eigenvalue weighted by Crippen LogP contribution is 2.33. The van der Waals surface area contributed by atoms with Crippen molar-refractivity contribution in [1.82, 2.24) is 9.97 Å². The molecule has 1 N–H and O–H groups in total. The van der Waals surface area contributed by atoms with Crippen LogP contribution >= 0.6 is 45.2 Å². The molecule has 0 amide bonds. The van der Waals surface area contributed by atoms with Crippen molar-refractivity contribution in [1.29, 1.82) is 0 Å². The summed E-state index contributed by atoms with van der Waals surface area (Å²) in [6.45, 7) is 0. The minimum absolute atomic E-state index is 0.895. The highest BCUT2D eigenvalue weighted by atomic mass is 127. The number of halogens is 2. The van der Waals surface area contributed by atoms with Gasteiger partial charge in [0.1, 0.15) is 5.82 Å². The first-order valence-corrected chi connectivity index (χ1v) is 10.0. The van der Waals surface area contributed by atoms with Gasteiger partial charge in [-0.15, -0.1) is 0 Å². The summed E-state index contributed by atoms with van der Waals surface area (Å²) in [4.78, 5) is 8.48. The molecule has 4 rings (SSSR count). The molecule has 1 heterocycles. The number of hydrogen-bond acceptors (Lipinski definition) is 1. The van der Waals surface area contributed by atoms with E-state index in [1.165, 1.54) is 7.14 Å². The first kappa shape index (κ1) is 16.8. The fraction of sp³-hybridized carbons (Fsp3) is 0. The van der Waals surface area contributed by atoms with Crippen LogP contribution < -0.4 is 0 Å². The normalized spacial score (nSPS) is 10.8. The SMILES string of the molecule is Ic1ccc(-c2nc(-c3ccccc3)c(-c3ccccc3)[nH]2)cc1I. The number of aromatic nitrogens is 2. The molecule has 0 unspecified atom stereocenters. The molecule has 4 heteroatoms. The first-order valence-electron chi connectivity index (χ1n) is 7.88. The van der Waals surface area contributed by atoms with Crippen molar-refractivity contribution in [3.63, 3.8) is 0 Å². The number of nitrogens with one attached hydrogen (secondary N) is 1. The molecule has 0 spiro atoms. The monoisotopic (exact) mass is 548 g/mol. The number of benzene rings is 3. The molecule has 3 aromatic carbocycles. The third-order valence-electron chi connectivity index (χ3n) is 4.01. The summed E-state index contributed by atoms with van der Waals surface area (Å²) in [5.74, 6) is 0.895.